The number of carboxylic acid groups (broad SMARTS) is 1. The number of hydrogen-bond donors (Lipinski definition) is 4. The van der Waals surface area contributed by atoms with Crippen molar-refractivity contribution in [1.82, 2.24) is 0 Å². The second-order valence-corrected chi connectivity index (χ2v) is 4.34. The highest BCUT2D eigenvalue weighted by Crippen LogP contribution is 2.30. The minimum absolute atomic E-state index is 0.0295. The van der Waals surface area contributed by atoms with E-state index in [0.29, 0.717) is 12.2 Å². The van der Waals surface area contributed by atoms with Gasteiger partial charge in [-0.2, -0.15) is 0 Å². The number of hydrogen-bond acceptors (Lipinski definition) is 4. The Morgan fingerprint density at radius 3 is 2.45 bits per heavy atom. The quantitative estimate of drug-likeness (QED) is 0.625. The van der Waals surface area contributed by atoms with Crippen molar-refractivity contribution in [3.63, 3.8) is 0 Å². The Bertz CT molecular complexity index is 609. The van der Waals surface area contributed by atoms with Gasteiger partial charge in [-0.3, -0.25) is 0 Å². The molecule has 0 heterocycles. The maximum Gasteiger partial charge on any atom is 0.335 e. The largest absolute Gasteiger partial charge is 0.478 e. The lowest BCUT2D eigenvalue weighted by atomic mass is 10.0. The molecule has 5 N–H and O–H groups in total. The van der Waals surface area contributed by atoms with Crippen molar-refractivity contribution in [1.29, 1.82) is 0 Å². The van der Waals surface area contributed by atoms with Gasteiger partial charge in [-0.25, -0.2) is 4.79 Å². The molecular weight excluding hydrogens is 256 g/mol. The minimum Gasteiger partial charge on any atom is -0.478 e. The van der Waals surface area contributed by atoms with Crippen LogP contribution in [0.3, 0.4) is 0 Å². The van der Waals surface area contributed by atoms with Crippen LogP contribution >= 0.6 is 0 Å². The van der Waals surface area contributed by atoms with Crippen LogP contribution in [0.5, 0.6) is 0 Å². The Kier molecular flexibility index (Phi) is 4.22. The first-order valence-corrected chi connectivity index (χ1v) is 6.20. The van der Waals surface area contributed by atoms with Crippen LogP contribution in [0.1, 0.15) is 10.4 Å². The number of aliphatic hydroxyl groups is 1. The molecule has 0 bridgehead atoms. The molecule has 0 unspecified atom stereocenters. The number of rotatable bonds is 5. The maximum absolute atomic E-state index is 10.9. The number of aromatic carboxylic acids is 1. The summed E-state index contributed by atoms with van der Waals surface area (Å²) in [6, 6.07) is 12.0. The second kappa shape index (κ2) is 6.08. The topological polar surface area (TPSA) is 95.6 Å². The molecule has 2 aromatic carbocycles. The monoisotopic (exact) mass is 272 g/mol. The van der Waals surface area contributed by atoms with Crippen LogP contribution in [0.15, 0.2) is 42.5 Å². The molecule has 5 nitrogen and oxygen atoms in total. The second-order valence-electron chi connectivity index (χ2n) is 4.34. The number of nitrogen functional groups attached to an aromatic ring is 1. The molecule has 0 spiro atoms. The lowest BCUT2D eigenvalue weighted by Crippen LogP contribution is -2.06. The molecule has 2 rings (SSSR count). The average Bonchev–Trinajstić information content (AvgIpc) is 2.46. The van der Waals surface area contributed by atoms with Crippen molar-refractivity contribution in [2.75, 3.05) is 24.2 Å². The van der Waals surface area contributed by atoms with Gasteiger partial charge in [0, 0.05) is 23.5 Å². The van der Waals surface area contributed by atoms with Crippen molar-refractivity contribution in [2.45, 2.75) is 0 Å². The van der Waals surface area contributed by atoms with Crippen LogP contribution in [-0.2, 0) is 0 Å². The number of nitrogens with one attached hydrogen (secondary N) is 1. The number of carboxylic acids is 1. The van der Waals surface area contributed by atoms with Crippen molar-refractivity contribution in [3.8, 4) is 11.1 Å². The zero-order valence-corrected chi connectivity index (χ0v) is 10.8. The lowest BCUT2D eigenvalue weighted by molar-refractivity contribution is 0.0697. The average molecular weight is 272 g/mol. The Labute approximate surface area is 116 Å². The fourth-order valence-electron chi connectivity index (χ4n) is 1.94. The van der Waals surface area contributed by atoms with Gasteiger partial charge in [0.1, 0.15) is 0 Å². The summed E-state index contributed by atoms with van der Waals surface area (Å²) in [4.78, 5) is 10.9. The first-order valence-electron chi connectivity index (χ1n) is 6.20. The fourth-order valence-corrected chi connectivity index (χ4v) is 1.94. The highest BCUT2D eigenvalue weighted by atomic mass is 16.4. The van der Waals surface area contributed by atoms with E-state index < -0.39 is 5.97 Å². The van der Waals surface area contributed by atoms with E-state index in [2.05, 4.69) is 5.32 Å². The Morgan fingerprint density at radius 1 is 1.15 bits per heavy atom. The van der Waals surface area contributed by atoms with Gasteiger partial charge in [0.05, 0.1) is 12.2 Å². The van der Waals surface area contributed by atoms with Crippen molar-refractivity contribution in [3.05, 3.63) is 48.0 Å². The molecule has 0 aliphatic carbocycles. The summed E-state index contributed by atoms with van der Waals surface area (Å²) in [5.74, 6) is -0.956. The van der Waals surface area contributed by atoms with Gasteiger partial charge >= 0.3 is 5.97 Å². The molecule has 20 heavy (non-hydrogen) atoms. The molecule has 0 atom stereocenters. The first-order chi connectivity index (χ1) is 9.61. The van der Waals surface area contributed by atoms with Gasteiger partial charge in [-0.1, -0.05) is 12.1 Å². The molecule has 0 amide bonds. The molecule has 5 heteroatoms. The molecule has 0 saturated heterocycles. The molecule has 0 radical (unpaired) electrons. The summed E-state index contributed by atoms with van der Waals surface area (Å²) >= 11 is 0. The number of nitrogens with two attached hydrogens (primary N) is 1. The Morgan fingerprint density at radius 2 is 1.85 bits per heavy atom. The van der Waals surface area contributed by atoms with E-state index in [1.807, 2.05) is 12.1 Å². The van der Waals surface area contributed by atoms with Gasteiger partial charge in [-0.15, -0.1) is 0 Å². The minimum atomic E-state index is -0.956. The summed E-state index contributed by atoms with van der Waals surface area (Å²) in [6.45, 7) is 0.464. The highest BCUT2D eigenvalue weighted by Gasteiger charge is 2.07. The number of carbonyl (C=O) groups is 1. The number of aliphatic hydroxyl groups excluding tert-OH is 1. The predicted molar refractivity (Wildman–Crippen MR) is 78.8 cm³/mol. The van der Waals surface area contributed by atoms with Crippen molar-refractivity contribution >= 4 is 17.3 Å². The van der Waals surface area contributed by atoms with E-state index in [4.69, 9.17) is 15.9 Å². The van der Waals surface area contributed by atoms with Crippen LogP contribution in [0, 0.1) is 0 Å². The van der Waals surface area contributed by atoms with Gasteiger partial charge < -0.3 is 21.3 Å². The standard InChI is InChI=1S/C15H16N2O3/c16-12-5-6-14(17-7-8-18)13(9-12)10-1-3-11(4-2-10)15(19)20/h1-6,9,17-18H,7-8,16H2,(H,19,20). The van der Waals surface area contributed by atoms with E-state index in [1.165, 1.54) is 0 Å². The van der Waals surface area contributed by atoms with Crippen LogP contribution in [0.25, 0.3) is 11.1 Å². The molecule has 0 aromatic heterocycles. The summed E-state index contributed by atoms with van der Waals surface area (Å²) < 4.78 is 0. The summed E-state index contributed by atoms with van der Waals surface area (Å²) in [7, 11) is 0. The molecule has 2 aromatic rings. The third-order valence-electron chi connectivity index (χ3n) is 2.91. The Balaban J connectivity index is 2.39. The van der Waals surface area contributed by atoms with Crippen LogP contribution in [-0.4, -0.2) is 29.3 Å². The Hall–Kier alpha value is -2.53. The van der Waals surface area contributed by atoms with Gasteiger partial charge in [-0.05, 0) is 35.9 Å². The van der Waals surface area contributed by atoms with Crippen LogP contribution in [0.2, 0.25) is 0 Å². The van der Waals surface area contributed by atoms with Crippen LogP contribution in [0.4, 0.5) is 11.4 Å². The van der Waals surface area contributed by atoms with Crippen molar-refractivity contribution in [2.24, 2.45) is 0 Å². The zero-order valence-electron chi connectivity index (χ0n) is 10.8. The van der Waals surface area contributed by atoms with Gasteiger partial charge in [0.15, 0.2) is 0 Å². The van der Waals surface area contributed by atoms with Gasteiger partial charge in [0.2, 0.25) is 0 Å². The fraction of sp³-hybridized carbons (Fsp3) is 0.133. The van der Waals surface area contributed by atoms with Crippen molar-refractivity contribution < 1.29 is 15.0 Å². The van der Waals surface area contributed by atoms with E-state index in [-0.39, 0.29) is 12.2 Å². The zero-order chi connectivity index (χ0) is 14.5. The summed E-state index contributed by atoms with van der Waals surface area (Å²) in [5.41, 5.74) is 9.24. The number of benzene rings is 2. The SMILES string of the molecule is Nc1ccc(NCCO)c(-c2ccc(C(=O)O)cc2)c1. The smallest absolute Gasteiger partial charge is 0.335 e. The van der Waals surface area contributed by atoms with E-state index in [9.17, 15) is 4.79 Å². The van der Waals surface area contributed by atoms with Gasteiger partial charge in [0.25, 0.3) is 0 Å². The lowest BCUT2D eigenvalue weighted by Gasteiger charge is -2.12. The van der Waals surface area contributed by atoms with E-state index >= 15 is 0 Å². The summed E-state index contributed by atoms with van der Waals surface area (Å²) in [6.07, 6.45) is 0. The third kappa shape index (κ3) is 3.07. The molecule has 0 saturated carbocycles. The first kappa shape index (κ1) is 13.9. The molecule has 0 aliphatic heterocycles. The predicted octanol–water partition coefficient (Wildman–Crippen LogP) is 2.04. The third-order valence-corrected chi connectivity index (χ3v) is 2.91. The summed E-state index contributed by atoms with van der Waals surface area (Å²) in [5, 5.41) is 20.9. The van der Waals surface area contributed by atoms with E-state index in [0.717, 1.165) is 16.8 Å². The molecule has 0 aliphatic rings. The number of anilines is 2. The molecule has 104 valence electrons. The molecule has 0 fully saturated rings. The molecular formula is C15H16N2O3. The van der Waals surface area contributed by atoms with Crippen LogP contribution < -0.4 is 11.1 Å². The highest BCUT2D eigenvalue weighted by molar-refractivity contribution is 5.89. The van der Waals surface area contributed by atoms with E-state index in [1.54, 1.807) is 30.3 Å². The maximum atomic E-state index is 10.9. The normalized spacial score (nSPS) is 10.2.